The first-order valence-electron chi connectivity index (χ1n) is 13.4. The smallest absolute Gasteiger partial charge is 0.260 e. The van der Waals surface area contributed by atoms with Gasteiger partial charge in [0.2, 0.25) is 10.0 Å². The van der Waals surface area contributed by atoms with Gasteiger partial charge in [0.1, 0.15) is 0 Å². The van der Waals surface area contributed by atoms with Crippen LogP contribution in [-0.4, -0.2) is 81.0 Å². The average Bonchev–Trinajstić information content (AvgIpc) is 3.60. The number of likely N-dealkylation sites (N-methyl/N-ethyl adjacent to an activating group) is 2. The number of ether oxygens (including phenoxy) is 1. The van der Waals surface area contributed by atoms with E-state index in [4.69, 9.17) is 9.72 Å². The Morgan fingerprint density at radius 1 is 1.08 bits per heavy atom. The molecule has 0 spiro atoms. The van der Waals surface area contributed by atoms with Gasteiger partial charge in [-0.05, 0) is 74.3 Å². The van der Waals surface area contributed by atoms with Gasteiger partial charge in [0.15, 0.2) is 5.13 Å². The van der Waals surface area contributed by atoms with Crippen LogP contribution in [0.3, 0.4) is 0 Å². The maximum atomic E-state index is 13.8. The van der Waals surface area contributed by atoms with Crippen LogP contribution >= 0.6 is 23.7 Å². The highest BCUT2D eigenvalue weighted by Gasteiger charge is 2.27. The number of sulfonamides is 1. The molecule has 0 radical (unpaired) electrons. The SMILES string of the molecule is CCc1ccc2nc(N(CCN(CC)CC)C(=O)c3ccc(S(=O)(=O)N(C)CC4CCCO4)cc3)sc2c1.Cl. The standard InChI is InChI=1S/C28H38N4O4S2.ClH/c1-5-21-10-15-25-26(19-21)37-28(29-25)32(17-16-31(6-2)7-3)27(33)22-11-13-24(14-12-22)38(34,35)30(4)20-23-9-8-18-36-23;/h10-15,19,23H,5-9,16-18,20H2,1-4H3;1H. The van der Waals surface area contributed by atoms with Crippen molar-refractivity contribution in [2.24, 2.45) is 0 Å². The van der Waals surface area contributed by atoms with Crippen LogP contribution in [0.1, 0.15) is 49.5 Å². The van der Waals surface area contributed by atoms with Gasteiger partial charge in [-0.15, -0.1) is 12.4 Å². The number of amides is 1. The number of halogens is 1. The van der Waals surface area contributed by atoms with E-state index in [1.165, 1.54) is 33.3 Å². The summed E-state index contributed by atoms with van der Waals surface area (Å²) >= 11 is 1.51. The van der Waals surface area contributed by atoms with Crippen molar-refractivity contribution in [3.8, 4) is 0 Å². The number of aryl methyl sites for hydroxylation is 1. The quantitative estimate of drug-likeness (QED) is 0.291. The summed E-state index contributed by atoms with van der Waals surface area (Å²) in [7, 11) is -2.11. The number of benzene rings is 2. The molecule has 1 atom stereocenters. The average molecular weight is 595 g/mol. The first kappa shape index (κ1) is 31.4. The van der Waals surface area contributed by atoms with E-state index in [2.05, 4.69) is 37.8 Å². The molecule has 1 aliphatic heterocycles. The molecule has 1 unspecified atom stereocenters. The van der Waals surface area contributed by atoms with Crippen LogP contribution in [0.15, 0.2) is 47.4 Å². The molecular weight excluding hydrogens is 556 g/mol. The summed E-state index contributed by atoms with van der Waals surface area (Å²) in [6.07, 6.45) is 2.68. The molecule has 8 nitrogen and oxygen atoms in total. The molecule has 11 heteroatoms. The first-order valence-corrected chi connectivity index (χ1v) is 15.6. The van der Waals surface area contributed by atoms with Crippen LogP contribution in [-0.2, 0) is 21.2 Å². The molecule has 214 valence electrons. The molecule has 4 rings (SSSR count). The van der Waals surface area contributed by atoms with Crippen molar-refractivity contribution in [1.82, 2.24) is 14.2 Å². The van der Waals surface area contributed by atoms with Crippen molar-refractivity contribution in [1.29, 1.82) is 0 Å². The van der Waals surface area contributed by atoms with Gasteiger partial charge in [-0.25, -0.2) is 13.4 Å². The molecule has 1 amide bonds. The number of aromatic nitrogens is 1. The number of nitrogens with zero attached hydrogens (tertiary/aromatic N) is 4. The molecule has 0 aliphatic carbocycles. The van der Waals surface area contributed by atoms with Gasteiger partial charge in [-0.1, -0.05) is 38.2 Å². The zero-order valence-corrected chi connectivity index (χ0v) is 25.6. The number of rotatable bonds is 12. The Kier molecular flexibility index (Phi) is 11.3. The van der Waals surface area contributed by atoms with Crippen molar-refractivity contribution < 1.29 is 17.9 Å². The Morgan fingerprint density at radius 3 is 2.41 bits per heavy atom. The monoisotopic (exact) mass is 594 g/mol. The van der Waals surface area contributed by atoms with E-state index in [1.807, 2.05) is 6.07 Å². The van der Waals surface area contributed by atoms with E-state index in [9.17, 15) is 13.2 Å². The van der Waals surface area contributed by atoms with E-state index < -0.39 is 10.0 Å². The summed E-state index contributed by atoms with van der Waals surface area (Å²) in [5.74, 6) is -0.191. The fraction of sp³-hybridized carbons (Fsp3) is 0.500. The van der Waals surface area contributed by atoms with Gasteiger partial charge in [-0.2, -0.15) is 4.31 Å². The predicted octanol–water partition coefficient (Wildman–Crippen LogP) is 5.07. The lowest BCUT2D eigenvalue weighted by Gasteiger charge is -2.25. The zero-order chi connectivity index (χ0) is 27.3. The van der Waals surface area contributed by atoms with Gasteiger partial charge in [0, 0.05) is 38.9 Å². The van der Waals surface area contributed by atoms with Crippen molar-refractivity contribution >= 4 is 55.0 Å². The van der Waals surface area contributed by atoms with Crippen molar-refractivity contribution in [2.45, 2.75) is 51.0 Å². The number of thiazole rings is 1. The highest BCUT2D eigenvalue weighted by atomic mass is 35.5. The van der Waals surface area contributed by atoms with Crippen LogP contribution in [0, 0.1) is 0 Å². The third kappa shape index (κ3) is 7.36. The highest BCUT2D eigenvalue weighted by molar-refractivity contribution is 7.89. The third-order valence-corrected chi connectivity index (χ3v) is 10.0. The maximum absolute atomic E-state index is 13.8. The number of anilines is 1. The minimum absolute atomic E-state index is 0. The molecular formula is C28H39ClN4O4S2. The lowest BCUT2D eigenvalue weighted by Crippen LogP contribution is -2.39. The molecule has 1 fully saturated rings. The molecule has 0 N–H and O–H groups in total. The topological polar surface area (TPSA) is 83.1 Å². The molecule has 0 bridgehead atoms. The van der Waals surface area contributed by atoms with Crippen LogP contribution < -0.4 is 4.90 Å². The van der Waals surface area contributed by atoms with Gasteiger partial charge in [0.05, 0.1) is 21.2 Å². The van der Waals surface area contributed by atoms with Gasteiger partial charge in [0.25, 0.3) is 5.91 Å². The molecule has 2 aromatic carbocycles. The van der Waals surface area contributed by atoms with E-state index >= 15 is 0 Å². The van der Waals surface area contributed by atoms with Crippen LogP contribution in [0.25, 0.3) is 10.2 Å². The van der Waals surface area contributed by atoms with Crippen LogP contribution in [0.2, 0.25) is 0 Å². The number of fused-ring (bicyclic) bond motifs is 1. The number of hydrogen-bond donors (Lipinski definition) is 0. The Morgan fingerprint density at radius 2 is 1.79 bits per heavy atom. The Hall–Kier alpha value is -2.08. The summed E-state index contributed by atoms with van der Waals surface area (Å²) < 4.78 is 34.2. The molecule has 3 aromatic rings. The maximum Gasteiger partial charge on any atom is 0.260 e. The summed E-state index contributed by atoms with van der Waals surface area (Å²) in [4.78, 5) is 22.7. The van der Waals surface area contributed by atoms with E-state index in [1.54, 1.807) is 24.1 Å². The molecule has 2 heterocycles. The lowest BCUT2D eigenvalue weighted by atomic mass is 10.2. The normalized spacial score (nSPS) is 15.7. The third-order valence-electron chi connectivity index (χ3n) is 7.15. The molecule has 39 heavy (non-hydrogen) atoms. The largest absolute Gasteiger partial charge is 0.377 e. The number of carbonyl (C=O) groups excluding carboxylic acids is 1. The summed E-state index contributed by atoms with van der Waals surface area (Å²) in [5, 5.41) is 0.651. The zero-order valence-electron chi connectivity index (χ0n) is 23.1. The molecule has 1 aromatic heterocycles. The second-order valence-electron chi connectivity index (χ2n) is 9.58. The minimum Gasteiger partial charge on any atom is -0.377 e. The predicted molar refractivity (Wildman–Crippen MR) is 161 cm³/mol. The number of carbonyl (C=O) groups is 1. The van der Waals surface area contributed by atoms with Crippen LogP contribution in [0.5, 0.6) is 0 Å². The number of hydrogen-bond acceptors (Lipinski definition) is 7. The second-order valence-corrected chi connectivity index (χ2v) is 12.6. The van der Waals surface area contributed by atoms with Crippen molar-refractivity contribution in [3.05, 3.63) is 53.6 Å². The molecule has 0 saturated carbocycles. The Bertz CT molecular complexity index is 1340. The molecule has 1 saturated heterocycles. The van der Waals surface area contributed by atoms with Crippen molar-refractivity contribution in [3.63, 3.8) is 0 Å². The van der Waals surface area contributed by atoms with E-state index in [0.717, 1.165) is 49.1 Å². The lowest BCUT2D eigenvalue weighted by molar-refractivity contribution is 0.0978. The van der Waals surface area contributed by atoms with Crippen molar-refractivity contribution in [2.75, 3.05) is 51.3 Å². The highest BCUT2D eigenvalue weighted by Crippen LogP contribution is 2.31. The summed E-state index contributed by atoms with van der Waals surface area (Å²) in [6.45, 7) is 10.3. The Labute approximate surface area is 242 Å². The minimum atomic E-state index is -3.68. The summed E-state index contributed by atoms with van der Waals surface area (Å²) in [6, 6.07) is 12.4. The fourth-order valence-corrected chi connectivity index (χ4v) is 6.89. The summed E-state index contributed by atoms with van der Waals surface area (Å²) in [5.41, 5.74) is 2.53. The second kappa shape index (κ2) is 14.0. The van der Waals surface area contributed by atoms with Gasteiger partial charge < -0.3 is 9.64 Å². The van der Waals surface area contributed by atoms with E-state index in [-0.39, 0.29) is 29.3 Å². The Balaban J connectivity index is 0.00000420. The fourth-order valence-electron chi connectivity index (χ4n) is 4.64. The van der Waals surface area contributed by atoms with Gasteiger partial charge in [-0.3, -0.25) is 9.69 Å². The molecule has 1 aliphatic rings. The first-order chi connectivity index (χ1) is 18.3. The van der Waals surface area contributed by atoms with E-state index in [0.29, 0.717) is 30.4 Å². The van der Waals surface area contributed by atoms with Gasteiger partial charge >= 0.3 is 0 Å². The van der Waals surface area contributed by atoms with Crippen LogP contribution in [0.4, 0.5) is 5.13 Å².